The summed E-state index contributed by atoms with van der Waals surface area (Å²) in [6, 6.07) is 17.1. The van der Waals surface area contributed by atoms with Gasteiger partial charge < -0.3 is 9.84 Å². The molecule has 0 amide bonds. The molecule has 0 aromatic heterocycles. The lowest BCUT2D eigenvalue weighted by Gasteiger charge is -2.14. The van der Waals surface area contributed by atoms with Gasteiger partial charge in [-0.3, -0.25) is 0 Å². The van der Waals surface area contributed by atoms with Gasteiger partial charge in [0.05, 0.1) is 6.61 Å². The molecule has 0 aliphatic heterocycles. The van der Waals surface area contributed by atoms with Gasteiger partial charge in [0.1, 0.15) is 0 Å². The second kappa shape index (κ2) is 7.22. The van der Waals surface area contributed by atoms with Gasteiger partial charge in [-0.1, -0.05) is 58.4 Å². The van der Waals surface area contributed by atoms with E-state index in [1.165, 1.54) is 0 Å². The zero-order chi connectivity index (χ0) is 14.4. The smallest absolute Gasteiger partial charge is 0.333 e. The first kappa shape index (κ1) is 14.8. The van der Waals surface area contributed by atoms with E-state index in [1.54, 1.807) is 0 Å². The normalized spacial score (nSPS) is 12.1. The summed E-state index contributed by atoms with van der Waals surface area (Å²) in [4.78, 5) is 11.3. The first-order valence-electron chi connectivity index (χ1n) is 6.28. The minimum Gasteiger partial charge on any atom is -0.479 e. The van der Waals surface area contributed by atoms with Crippen molar-refractivity contribution in [2.45, 2.75) is 19.1 Å². The van der Waals surface area contributed by atoms with E-state index in [4.69, 9.17) is 4.74 Å². The summed E-state index contributed by atoms with van der Waals surface area (Å²) >= 11 is 3.38. The summed E-state index contributed by atoms with van der Waals surface area (Å²) in [5.74, 6) is -0.944. The van der Waals surface area contributed by atoms with E-state index in [0.717, 1.165) is 15.6 Å². The number of carbonyl (C=O) groups is 1. The van der Waals surface area contributed by atoms with E-state index in [1.807, 2.05) is 54.6 Å². The maximum atomic E-state index is 11.3. The highest BCUT2D eigenvalue weighted by atomic mass is 79.9. The molecule has 20 heavy (non-hydrogen) atoms. The molecule has 0 radical (unpaired) electrons. The molecule has 1 N–H and O–H groups in total. The average Bonchev–Trinajstić information content (AvgIpc) is 2.44. The first-order chi connectivity index (χ1) is 9.65. The molecule has 0 aliphatic carbocycles. The van der Waals surface area contributed by atoms with Crippen LogP contribution in [-0.2, 0) is 22.6 Å². The Bertz CT molecular complexity index is 569. The molecule has 0 aliphatic rings. The highest BCUT2D eigenvalue weighted by molar-refractivity contribution is 9.10. The summed E-state index contributed by atoms with van der Waals surface area (Å²) < 4.78 is 6.45. The van der Waals surface area contributed by atoms with Crippen molar-refractivity contribution in [1.29, 1.82) is 0 Å². The number of carboxylic acid groups (broad SMARTS) is 1. The van der Waals surface area contributed by atoms with Crippen LogP contribution in [0.3, 0.4) is 0 Å². The van der Waals surface area contributed by atoms with Gasteiger partial charge >= 0.3 is 5.97 Å². The second-order valence-corrected chi connectivity index (χ2v) is 5.37. The van der Waals surface area contributed by atoms with E-state index < -0.39 is 12.1 Å². The van der Waals surface area contributed by atoms with Gasteiger partial charge in [-0.25, -0.2) is 4.79 Å². The van der Waals surface area contributed by atoms with E-state index in [-0.39, 0.29) is 0 Å². The predicted octanol–water partition coefficient (Wildman–Crippen LogP) is 3.66. The fraction of sp³-hybridized carbons (Fsp3) is 0.188. The molecular formula is C16H15BrO3. The first-order valence-corrected chi connectivity index (χ1v) is 7.07. The Labute approximate surface area is 126 Å². The predicted molar refractivity (Wildman–Crippen MR) is 80.5 cm³/mol. The second-order valence-electron chi connectivity index (χ2n) is 4.46. The largest absolute Gasteiger partial charge is 0.479 e. The van der Waals surface area contributed by atoms with E-state index in [0.29, 0.717) is 13.0 Å². The molecule has 0 saturated heterocycles. The summed E-state index contributed by atoms with van der Waals surface area (Å²) in [6.45, 7) is 0.297. The van der Waals surface area contributed by atoms with Crippen LogP contribution in [0.25, 0.3) is 0 Å². The minimum absolute atomic E-state index is 0.297. The molecule has 0 bridgehead atoms. The quantitative estimate of drug-likeness (QED) is 0.876. The zero-order valence-corrected chi connectivity index (χ0v) is 12.4. The summed E-state index contributed by atoms with van der Waals surface area (Å²) in [6.07, 6.45) is -0.494. The van der Waals surface area contributed by atoms with Crippen LogP contribution in [0.1, 0.15) is 11.1 Å². The highest BCUT2D eigenvalue weighted by Gasteiger charge is 2.18. The van der Waals surface area contributed by atoms with Gasteiger partial charge in [0, 0.05) is 10.9 Å². The van der Waals surface area contributed by atoms with E-state index in [2.05, 4.69) is 15.9 Å². The fourth-order valence-corrected chi connectivity index (χ4v) is 2.31. The highest BCUT2D eigenvalue weighted by Crippen LogP contribution is 2.15. The van der Waals surface area contributed by atoms with Crippen LogP contribution < -0.4 is 0 Å². The van der Waals surface area contributed by atoms with Gasteiger partial charge in [-0.15, -0.1) is 0 Å². The Hall–Kier alpha value is -1.65. The lowest BCUT2D eigenvalue weighted by molar-refractivity contribution is -0.151. The molecule has 2 rings (SSSR count). The van der Waals surface area contributed by atoms with Gasteiger partial charge in [0.25, 0.3) is 0 Å². The van der Waals surface area contributed by atoms with Crippen molar-refractivity contribution in [2.24, 2.45) is 0 Å². The van der Waals surface area contributed by atoms with Crippen LogP contribution in [0.4, 0.5) is 0 Å². The van der Waals surface area contributed by atoms with Crippen LogP contribution in [0.2, 0.25) is 0 Å². The Balaban J connectivity index is 1.99. The fourth-order valence-electron chi connectivity index (χ4n) is 1.87. The lowest BCUT2D eigenvalue weighted by Crippen LogP contribution is -2.26. The maximum Gasteiger partial charge on any atom is 0.333 e. The van der Waals surface area contributed by atoms with Crippen molar-refractivity contribution in [3.05, 3.63) is 70.2 Å². The van der Waals surface area contributed by atoms with Crippen LogP contribution in [0.15, 0.2) is 59.1 Å². The molecule has 1 atom stereocenters. The number of ether oxygens (including phenoxy) is 1. The van der Waals surface area contributed by atoms with Gasteiger partial charge in [-0.2, -0.15) is 0 Å². The molecular weight excluding hydrogens is 320 g/mol. The Morgan fingerprint density at radius 2 is 1.80 bits per heavy atom. The summed E-state index contributed by atoms with van der Waals surface area (Å²) in [5, 5.41) is 9.25. The van der Waals surface area contributed by atoms with Crippen molar-refractivity contribution in [3.8, 4) is 0 Å². The van der Waals surface area contributed by atoms with E-state index >= 15 is 0 Å². The molecule has 2 aromatic carbocycles. The third kappa shape index (κ3) is 4.47. The molecule has 0 fully saturated rings. The molecule has 4 heteroatoms. The monoisotopic (exact) mass is 334 g/mol. The third-order valence-electron chi connectivity index (χ3n) is 2.88. The molecule has 104 valence electrons. The van der Waals surface area contributed by atoms with Crippen LogP contribution >= 0.6 is 15.9 Å². The van der Waals surface area contributed by atoms with Crippen molar-refractivity contribution < 1.29 is 14.6 Å². The Morgan fingerprint density at radius 3 is 2.45 bits per heavy atom. The van der Waals surface area contributed by atoms with Crippen molar-refractivity contribution in [2.75, 3.05) is 0 Å². The third-order valence-corrected chi connectivity index (χ3v) is 3.37. The number of rotatable bonds is 6. The van der Waals surface area contributed by atoms with Crippen molar-refractivity contribution >= 4 is 21.9 Å². The molecule has 0 heterocycles. The number of carboxylic acids is 1. The zero-order valence-electron chi connectivity index (χ0n) is 10.8. The number of hydrogen-bond acceptors (Lipinski definition) is 2. The standard InChI is InChI=1S/C16H15BrO3/c17-14-8-4-7-13(9-14)10-15(16(18)19)20-11-12-5-2-1-3-6-12/h1-9,15H,10-11H2,(H,18,19). The maximum absolute atomic E-state index is 11.3. The Morgan fingerprint density at radius 1 is 1.10 bits per heavy atom. The minimum atomic E-state index is -0.944. The van der Waals surface area contributed by atoms with Crippen LogP contribution in [-0.4, -0.2) is 17.2 Å². The molecule has 0 spiro atoms. The molecule has 1 unspecified atom stereocenters. The van der Waals surface area contributed by atoms with Crippen molar-refractivity contribution in [1.82, 2.24) is 0 Å². The topological polar surface area (TPSA) is 46.5 Å². The number of benzene rings is 2. The number of halogens is 1. The molecule has 3 nitrogen and oxygen atoms in total. The number of hydrogen-bond donors (Lipinski definition) is 1. The molecule has 0 saturated carbocycles. The number of aliphatic carboxylic acids is 1. The summed E-state index contributed by atoms with van der Waals surface area (Å²) in [7, 11) is 0. The SMILES string of the molecule is O=C(O)C(Cc1cccc(Br)c1)OCc1ccccc1. The summed E-state index contributed by atoms with van der Waals surface area (Å²) in [5.41, 5.74) is 1.90. The Kier molecular flexibility index (Phi) is 5.32. The van der Waals surface area contributed by atoms with E-state index in [9.17, 15) is 9.90 Å². The van der Waals surface area contributed by atoms with Crippen LogP contribution in [0.5, 0.6) is 0 Å². The van der Waals surface area contributed by atoms with Gasteiger partial charge in [-0.05, 0) is 23.3 Å². The van der Waals surface area contributed by atoms with Crippen LogP contribution in [0, 0.1) is 0 Å². The van der Waals surface area contributed by atoms with Crippen molar-refractivity contribution in [3.63, 3.8) is 0 Å². The molecule has 2 aromatic rings. The van der Waals surface area contributed by atoms with Gasteiger partial charge in [0.2, 0.25) is 0 Å². The average molecular weight is 335 g/mol. The van der Waals surface area contributed by atoms with Gasteiger partial charge in [0.15, 0.2) is 6.10 Å². The lowest BCUT2D eigenvalue weighted by atomic mass is 10.1.